The first-order chi connectivity index (χ1) is 16.7. The van der Waals surface area contributed by atoms with Crippen LogP contribution in [0, 0.1) is 5.92 Å². The number of nitrogens with zero attached hydrogens (tertiary/aromatic N) is 1. The summed E-state index contributed by atoms with van der Waals surface area (Å²) in [5, 5.41) is 0.811. The highest BCUT2D eigenvalue weighted by Crippen LogP contribution is 2.32. The van der Waals surface area contributed by atoms with Gasteiger partial charge in [0.1, 0.15) is 17.6 Å². The van der Waals surface area contributed by atoms with Crippen molar-refractivity contribution in [2.24, 2.45) is 11.7 Å². The van der Waals surface area contributed by atoms with Crippen LogP contribution in [-0.2, 0) is 26.0 Å². The van der Waals surface area contributed by atoms with Crippen molar-refractivity contribution >= 4 is 27.3 Å². The van der Waals surface area contributed by atoms with E-state index in [1.807, 2.05) is 0 Å². The zero-order chi connectivity index (χ0) is 25.6. The second-order valence-electron chi connectivity index (χ2n) is 8.14. The van der Waals surface area contributed by atoms with Crippen LogP contribution in [0.3, 0.4) is 0 Å². The van der Waals surface area contributed by atoms with Crippen molar-refractivity contribution in [1.82, 2.24) is 5.32 Å². The number of hydrogen-bond donors (Lipinski definition) is 2. The van der Waals surface area contributed by atoms with Crippen molar-refractivity contribution in [3.8, 4) is 5.75 Å². The van der Waals surface area contributed by atoms with Gasteiger partial charge in [-0.15, -0.1) is 0 Å². The molecule has 1 heterocycles. The topological polar surface area (TPSA) is 132 Å². The molecule has 0 aliphatic heterocycles. The number of benzene rings is 2. The van der Waals surface area contributed by atoms with Crippen LogP contribution in [0.15, 0.2) is 82.3 Å². The van der Waals surface area contributed by atoms with E-state index in [0.717, 1.165) is 4.90 Å². The minimum atomic E-state index is -4.24. The molecular weight excluding hydrogens is 470 g/mol. The van der Waals surface area contributed by atoms with Gasteiger partial charge < -0.3 is 20.2 Å². The quantitative estimate of drug-likeness (QED) is 0.438. The summed E-state index contributed by atoms with van der Waals surface area (Å²) >= 11 is 0. The minimum absolute atomic E-state index is 0.0933. The number of anilines is 1. The standard InChI is InChI=1S/C25H29N3O6S/c1-17(2)22(24(29)27-16-18-10-9-15-34-18)28(20-13-7-8-14-21(20)33-3)25(30)23(26)35(31,32)19-11-5-4-6-12-19/h4-15,17,22-23H,16,26H2,1-3H3,(H,27,29). The molecule has 0 bridgehead atoms. The number of nitrogens with one attached hydrogen (secondary N) is 1. The van der Waals surface area contributed by atoms with E-state index in [-0.39, 0.29) is 22.9 Å². The molecule has 0 fully saturated rings. The number of furan rings is 1. The summed E-state index contributed by atoms with van der Waals surface area (Å²) in [5.41, 5.74) is 6.31. The Morgan fingerprint density at radius 2 is 1.69 bits per heavy atom. The van der Waals surface area contributed by atoms with Crippen LogP contribution in [0.1, 0.15) is 19.6 Å². The SMILES string of the molecule is COc1ccccc1N(C(=O)C(N)S(=O)(=O)c1ccccc1)C(C(=O)NCc1ccco1)C(C)C. The van der Waals surface area contributed by atoms with Crippen LogP contribution >= 0.6 is 0 Å². The molecule has 2 aromatic carbocycles. The number of amides is 2. The molecule has 1 aromatic heterocycles. The number of hydrogen-bond acceptors (Lipinski definition) is 7. The van der Waals surface area contributed by atoms with Crippen molar-refractivity contribution in [2.75, 3.05) is 12.0 Å². The Bertz CT molecular complexity index is 1240. The summed E-state index contributed by atoms with van der Waals surface area (Å²) in [5.74, 6) is -1.05. The van der Waals surface area contributed by atoms with E-state index < -0.39 is 39.0 Å². The third kappa shape index (κ3) is 5.72. The number of methoxy groups -OCH3 is 1. The fraction of sp³-hybridized carbons (Fsp3) is 0.280. The van der Waals surface area contributed by atoms with Crippen LogP contribution in [0.25, 0.3) is 0 Å². The minimum Gasteiger partial charge on any atom is -0.495 e. The normalized spacial score (nSPS) is 13.2. The number of para-hydroxylation sites is 2. The molecule has 3 rings (SSSR count). The largest absolute Gasteiger partial charge is 0.495 e. The lowest BCUT2D eigenvalue weighted by Gasteiger charge is -2.35. The Morgan fingerprint density at radius 1 is 1.03 bits per heavy atom. The Kier molecular flexibility index (Phi) is 8.31. The van der Waals surface area contributed by atoms with Crippen LogP contribution in [0.5, 0.6) is 5.75 Å². The number of sulfone groups is 1. The Morgan fingerprint density at radius 3 is 2.29 bits per heavy atom. The zero-order valence-corrected chi connectivity index (χ0v) is 20.6. The lowest BCUT2D eigenvalue weighted by molar-refractivity contribution is -0.127. The summed E-state index contributed by atoms with van der Waals surface area (Å²) < 4.78 is 37.1. The number of rotatable bonds is 10. The summed E-state index contributed by atoms with van der Waals surface area (Å²) in [7, 11) is -2.82. The maximum absolute atomic E-state index is 13.8. The Balaban J connectivity index is 2.05. The van der Waals surface area contributed by atoms with E-state index in [9.17, 15) is 18.0 Å². The van der Waals surface area contributed by atoms with E-state index in [1.54, 1.807) is 68.4 Å². The monoisotopic (exact) mass is 499 g/mol. The number of ether oxygens (including phenoxy) is 1. The number of carbonyl (C=O) groups excluding carboxylic acids is 2. The zero-order valence-electron chi connectivity index (χ0n) is 19.7. The maximum Gasteiger partial charge on any atom is 0.260 e. The van der Waals surface area contributed by atoms with Crippen molar-refractivity contribution in [1.29, 1.82) is 0 Å². The van der Waals surface area contributed by atoms with Crippen LogP contribution < -0.4 is 20.7 Å². The highest BCUT2D eigenvalue weighted by atomic mass is 32.2. The van der Waals surface area contributed by atoms with Crippen LogP contribution in [0.4, 0.5) is 5.69 Å². The average Bonchev–Trinajstić information content (AvgIpc) is 3.39. The molecule has 9 nitrogen and oxygen atoms in total. The highest BCUT2D eigenvalue weighted by molar-refractivity contribution is 7.92. The lowest BCUT2D eigenvalue weighted by Crippen LogP contribution is -2.58. The first-order valence-corrected chi connectivity index (χ1v) is 12.5. The van der Waals surface area contributed by atoms with E-state index in [1.165, 1.54) is 25.5 Å². The van der Waals surface area contributed by atoms with Gasteiger partial charge in [0.05, 0.1) is 30.5 Å². The average molecular weight is 500 g/mol. The number of nitrogens with two attached hydrogens (primary N) is 1. The molecular formula is C25H29N3O6S. The van der Waals surface area contributed by atoms with Crippen molar-refractivity contribution < 1.29 is 27.2 Å². The van der Waals surface area contributed by atoms with Crippen molar-refractivity contribution in [2.45, 2.75) is 36.7 Å². The van der Waals surface area contributed by atoms with Gasteiger partial charge in [0, 0.05) is 0 Å². The Labute approximate surface area is 204 Å². The van der Waals surface area contributed by atoms with E-state index in [0.29, 0.717) is 5.76 Å². The fourth-order valence-electron chi connectivity index (χ4n) is 3.67. The molecule has 186 valence electrons. The molecule has 2 atom stereocenters. The molecule has 3 aromatic rings. The second-order valence-corrected chi connectivity index (χ2v) is 10.2. The van der Waals surface area contributed by atoms with Gasteiger partial charge in [0.25, 0.3) is 5.91 Å². The smallest absolute Gasteiger partial charge is 0.260 e. The van der Waals surface area contributed by atoms with Crippen molar-refractivity contribution in [3.63, 3.8) is 0 Å². The summed E-state index contributed by atoms with van der Waals surface area (Å²) in [6.07, 6.45) is 1.49. The third-order valence-electron chi connectivity index (χ3n) is 5.43. The molecule has 35 heavy (non-hydrogen) atoms. The van der Waals surface area contributed by atoms with Crippen molar-refractivity contribution in [3.05, 3.63) is 78.8 Å². The highest BCUT2D eigenvalue weighted by Gasteiger charge is 2.41. The molecule has 0 aliphatic carbocycles. The molecule has 2 amide bonds. The molecule has 2 unspecified atom stereocenters. The van der Waals surface area contributed by atoms with E-state index >= 15 is 0 Å². The van der Waals surface area contributed by atoms with E-state index in [4.69, 9.17) is 14.9 Å². The van der Waals surface area contributed by atoms with Gasteiger partial charge in [-0.3, -0.25) is 14.5 Å². The van der Waals surface area contributed by atoms with Gasteiger partial charge in [-0.1, -0.05) is 44.2 Å². The first kappa shape index (κ1) is 26.0. The lowest BCUT2D eigenvalue weighted by atomic mass is 10.00. The fourth-order valence-corrected chi connectivity index (χ4v) is 4.88. The van der Waals surface area contributed by atoms with Crippen LogP contribution in [-0.4, -0.2) is 38.8 Å². The van der Waals surface area contributed by atoms with E-state index in [2.05, 4.69) is 5.32 Å². The third-order valence-corrected chi connectivity index (χ3v) is 7.23. The van der Waals surface area contributed by atoms with Gasteiger partial charge in [0.2, 0.25) is 15.7 Å². The summed E-state index contributed by atoms with van der Waals surface area (Å²) in [6, 6.07) is 16.3. The van der Waals surface area contributed by atoms with Gasteiger partial charge in [-0.05, 0) is 42.3 Å². The van der Waals surface area contributed by atoms with Crippen LogP contribution in [0.2, 0.25) is 0 Å². The molecule has 0 radical (unpaired) electrons. The molecule has 0 aliphatic rings. The molecule has 3 N–H and O–H groups in total. The summed E-state index contributed by atoms with van der Waals surface area (Å²) in [4.78, 5) is 28.2. The predicted octanol–water partition coefficient (Wildman–Crippen LogP) is 2.72. The summed E-state index contributed by atoms with van der Waals surface area (Å²) in [6.45, 7) is 3.60. The molecule has 0 saturated heterocycles. The molecule has 0 spiro atoms. The molecule has 10 heteroatoms. The van der Waals surface area contributed by atoms with Gasteiger partial charge in [-0.25, -0.2) is 8.42 Å². The van der Waals surface area contributed by atoms with Gasteiger partial charge in [0.15, 0.2) is 5.37 Å². The second kappa shape index (κ2) is 11.2. The molecule has 0 saturated carbocycles. The number of carbonyl (C=O) groups is 2. The first-order valence-electron chi connectivity index (χ1n) is 11.0. The Hall–Kier alpha value is -3.63. The maximum atomic E-state index is 13.8. The van der Waals surface area contributed by atoms with Gasteiger partial charge in [-0.2, -0.15) is 0 Å². The predicted molar refractivity (Wildman–Crippen MR) is 131 cm³/mol. The van der Waals surface area contributed by atoms with Gasteiger partial charge >= 0.3 is 0 Å².